The van der Waals surface area contributed by atoms with E-state index in [1.165, 1.54) is 83.9 Å². The van der Waals surface area contributed by atoms with E-state index in [9.17, 15) is 53.9 Å². The number of carbonyl (C=O) groups is 3. The number of halogens is 10. The van der Waals surface area contributed by atoms with E-state index in [-0.39, 0.29) is 75.0 Å². The average Bonchev–Trinajstić information content (AvgIpc) is 0.807. The topological polar surface area (TPSA) is 277 Å². The fourth-order valence-corrected chi connectivity index (χ4v) is 11.1. The highest BCUT2D eigenvalue weighted by molar-refractivity contribution is 6.29. The van der Waals surface area contributed by atoms with E-state index in [1.54, 1.807) is 86.0 Å². The van der Waals surface area contributed by atoms with Crippen LogP contribution in [0.25, 0.3) is 0 Å². The van der Waals surface area contributed by atoms with Crippen molar-refractivity contribution in [3.05, 3.63) is 203 Å². The van der Waals surface area contributed by atoms with E-state index >= 15 is 0 Å². The zero-order valence-electron chi connectivity index (χ0n) is 65.8. The number of hydrogen-bond acceptors (Lipinski definition) is 21. The number of nitrogen functional groups attached to an aromatic ring is 1. The molecule has 0 bridgehead atoms. The lowest BCUT2D eigenvalue weighted by atomic mass is 10.1. The van der Waals surface area contributed by atoms with Gasteiger partial charge >= 0.3 is 18.5 Å². The van der Waals surface area contributed by atoms with Gasteiger partial charge in [0, 0.05) is 89.7 Å². The summed E-state index contributed by atoms with van der Waals surface area (Å²) in [6.45, 7) is 22.6. The molecule has 3 aromatic heterocycles. The van der Waals surface area contributed by atoms with E-state index in [0.717, 1.165) is 83.1 Å². The van der Waals surface area contributed by atoms with E-state index in [2.05, 4.69) is 114 Å². The molecular weight excluding hydrogens is 1550 g/mol. The molecule has 0 spiro atoms. The SMILES string of the molecule is C.CCN(CC)CCOc1ccc(N)c(OC)c1.CCN(CC)CCOc1ccc(Nc2cc(Nc3ccccc3C(=O)NC)c(C(F)(F)F)cn2)c(OC)c1.CCN(CC)CCOc1ccc(Nc2cc(Nc3ccccc3C(=O)NC)c(C(F)(F)F)cn2)c(OC)c1.CNC(=O)c1ccccc1Nc1cc(Cl)ncc1C(F)(F)F. The maximum atomic E-state index is 13.8. The van der Waals surface area contributed by atoms with Crippen molar-refractivity contribution >= 4 is 92.1 Å². The van der Waals surface area contributed by atoms with Crippen LogP contribution in [0.15, 0.2) is 164 Å². The minimum atomic E-state index is -4.67. The highest BCUT2D eigenvalue weighted by atomic mass is 35.5. The number of nitrogens with two attached hydrogens (primary N) is 1. The number of benzene rings is 6. The number of nitrogens with zero attached hydrogens (tertiary/aromatic N) is 6. The van der Waals surface area contributed by atoms with Gasteiger partial charge in [0.2, 0.25) is 0 Å². The molecule has 0 aliphatic rings. The Morgan fingerprint density at radius 3 is 0.983 bits per heavy atom. The number of alkyl halides is 9. The van der Waals surface area contributed by atoms with Crippen LogP contribution in [0.3, 0.4) is 0 Å². The molecule has 3 amide bonds. The van der Waals surface area contributed by atoms with Crippen LogP contribution in [-0.2, 0) is 18.5 Å². The molecule has 0 fully saturated rings. The average molecular weight is 1650 g/mol. The molecule has 3 heterocycles. The Morgan fingerprint density at radius 2 is 0.681 bits per heavy atom. The Balaban J connectivity index is 0.000000288. The molecule has 34 heteroatoms. The Hall–Kier alpha value is -11.7. The summed E-state index contributed by atoms with van der Waals surface area (Å²) in [4.78, 5) is 54.4. The standard InChI is InChI=1S/2C27H32F3N5O3.C14H11ClF3N3O.C13H22N2O2.CH4/c2*1-5-35(6-2)13-14-38-18-11-12-22(24(15-18)37-4)34-25-16-23(20(17-32-25)27(28,29)30)33-21-10-8-7-9-19(21)26(36)31-3;1-19-13(22)8-4-2-3-5-10(8)21-11-6-12(15)20-7-9(11)14(16,17)18;1-4-15(5-2)8-9-17-11-6-7-12(14)13(10-11)16-3;/h2*7-12,15-17H,5-6,13-14H2,1-4H3,(H,31,36)(H2,32,33,34);2-7H,1H3,(H,19,22)(H,20,21);6-7,10H,4-5,8-9,14H2,1-3H3;1H4. The summed E-state index contributed by atoms with van der Waals surface area (Å²) >= 11 is 5.67. The smallest absolute Gasteiger partial charge is 0.419 e. The Labute approximate surface area is 675 Å². The highest BCUT2D eigenvalue weighted by Crippen LogP contribution is 2.42. The summed E-state index contributed by atoms with van der Waals surface area (Å²) in [7, 11) is 8.91. The van der Waals surface area contributed by atoms with Crippen molar-refractivity contribution in [2.24, 2.45) is 0 Å². The molecule has 10 N–H and O–H groups in total. The van der Waals surface area contributed by atoms with Crippen molar-refractivity contribution in [2.45, 2.75) is 67.5 Å². The van der Waals surface area contributed by atoms with Crippen molar-refractivity contribution in [2.75, 3.05) is 154 Å². The lowest BCUT2D eigenvalue weighted by Gasteiger charge is -2.19. The fraction of sp³-hybridized carbons (Fsp3) is 0.341. The Morgan fingerprint density at radius 1 is 0.388 bits per heavy atom. The maximum Gasteiger partial charge on any atom is 0.419 e. The van der Waals surface area contributed by atoms with Gasteiger partial charge in [-0.15, -0.1) is 0 Å². The fourth-order valence-electron chi connectivity index (χ4n) is 11.0. The molecule has 0 radical (unpaired) electrons. The predicted octanol–water partition coefficient (Wildman–Crippen LogP) is 17.8. The second-order valence-electron chi connectivity index (χ2n) is 24.5. The molecule has 628 valence electrons. The van der Waals surface area contributed by atoms with Gasteiger partial charge in [-0.2, -0.15) is 39.5 Å². The van der Waals surface area contributed by atoms with Crippen molar-refractivity contribution in [3.8, 4) is 34.5 Å². The van der Waals surface area contributed by atoms with Crippen LogP contribution < -0.4 is 76.7 Å². The number of pyridine rings is 3. The van der Waals surface area contributed by atoms with Gasteiger partial charge in [0.15, 0.2) is 0 Å². The third kappa shape index (κ3) is 28.7. The van der Waals surface area contributed by atoms with Crippen LogP contribution in [0.1, 0.15) is 96.7 Å². The first-order valence-electron chi connectivity index (χ1n) is 36.4. The second-order valence-corrected chi connectivity index (χ2v) is 24.9. The largest absolute Gasteiger partial charge is 0.494 e. The highest BCUT2D eigenvalue weighted by Gasteiger charge is 2.37. The molecular formula is C82H101ClF9N15O9. The third-order valence-corrected chi connectivity index (χ3v) is 17.6. The lowest BCUT2D eigenvalue weighted by Crippen LogP contribution is -2.27. The first-order chi connectivity index (χ1) is 54.9. The number of nitrogens with one attached hydrogen (secondary N) is 8. The van der Waals surface area contributed by atoms with Gasteiger partial charge in [-0.1, -0.05) is 97.0 Å². The maximum absolute atomic E-state index is 13.8. The van der Waals surface area contributed by atoms with Crippen molar-refractivity contribution in [1.82, 2.24) is 45.6 Å². The van der Waals surface area contributed by atoms with E-state index in [1.807, 2.05) is 12.1 Å². The lowest BCUT2D eigenvalue weighted by molar-refractivity contribution is -0.138. The predicted molar refractivity (Wildman–Crippen MR) is 439 cm³/mol. The summed E-state index contributed by atoms with van der Waals surface area (Å²) < 4.78 is 155. The third-order valence-electron chi connectivity index (χ3n) is 17.4. The number of methoxy groups -OCH3 is 3. The molecule has 0 unspecified atom stereocenters. The van der Waals surface area contributed by atoms with Gasteiger partial charge < -0.3 is 91.4 Å². The molecule has 0 atom stereocenters. The monoisotopic (exact) mass is 1650 g/mol. The quantitative estimate of drug-likeness (QED) is 0.0103. The number of ether oxygens (including phenoxy) is 6. The first kappa shape index (κ1) is 94.9. The van der Waals surface area contributed by atoms with Crippen LogP contribution in [0.4, 0.5) is 102 Å². The van der Waals surface area contributed by atoms with E-state index < -0.39 is 52.9 Å². The van der Waals surface area contributed by atoms with E-state index in [4.69, 9.17) is 45.8 Å². The zero-order valence-corrected chi connectivity index (χ0v) is 66.5. The summed E-state index contributed by atoms with van der Waals surface area (Å²) in [5, 5.41) is 21.4. The van der Waals surface area contributed by atoms with Gasteiger partial charge in [0.1, 0.15) is 71.1 Å². The summed E-state index contributed by atoms with van der Waals surface area (Å²) in [6, 6.07) is 38.1. The van der Waals surface area contributed by atoms with Crippen LogP contribution >= 0.6 is 11.6 Å². The summed E-state index contributed by atoms with van der Waals surface area (Å²) in [5.74, 6) is 2.54. The van der Waals surface area contributed by atoms with Gasteiger partial charge in [-0.3, -0.25) is 14.4 Å². The molecule has 116 heavy (non-hydrogen) atoms. The van der Waals surface area contributed by atoms with Crippen LogP contribution in [0.2, 0.25) is 5.15 Å². The van der Waals surface area contributed by atoms with E-state index in [0.29, 0.717) is 71.8 Å². The minimum Gasteiger partial charge on any atom is -0.494 e. The number of para-hydroxylation sites is 3. The molecule has 0 saturated heterocycles. The van der Waals surface area contributed by atoms with Gasteiger partial charge in [0.05, 0.1) is 106 Å². The second kappa shape index (κ2) is 46.6. The van der Waals surface area contributed by atoms with Crippen LogP contribution in [0.5, 0.6) is 34.5 Å². The van der Waals surface area contributed by atoms with Gasteiger partial charge in [0.25, 0.3) is 17.7 Å². The molecule has 9 rings (SSSR count). The molecule has 24 nitrogen and oxygen atoms in total. The first-order valence-corrected chi connectivity index (χ1v) is 36.8. The Bertz CT molecular complexity index is 4400. The molecule has 6 aromatic carbocycles. The molecule has 0 aliphatic heterocycles. The number of anilines is 11. The normalized spacial score (nSPS) is 11.0. The van der Waals surface area contributed by atoms with Crippen LogP contribution in [0, 0.1) is 0 Å². The molecule has 0 saturated carbocycles. The van der Waals surface area contributed by atoms with Crippen molar-refractivity contribution in [1.29, 1.82) is 0 Å². The van der Waals surface area contributed by atoms with Crippen molar-refractivity contribution in [3.63, 3.8) is 0 Å². The number of rotatable bonds is 34. The summed E-state index contributed by atoms with van der Waals surface area (Å²) in [6.07, 6.45) is -11.8. The number of hydrogen-bond donors (Lipinski definition) is 9. The number of aromatic nitrogens is 3. The van der Waals surface area contributed by atoms with Gasteiger partial charge in [-0.25, -0.2) is 15.0 Å². The zero-order chi connectivity index (χ0) is 84.4. The van der Waals surface area contributed by atoms with Crippen LogP contribution in [-0.4, -0.2) is 169 Å². The number of amides is 3. The molecule has 0 aliphatic carbocycles. The number of likely N-dealkylation sites (N-methyl/N-ethyl adjacent to an activating group) is 3. The minimum absolute atomic E-state index is 0. The van der Waals surface area contributed by atoms with Crippen molar-refractivity contribution < 1.29 is 82.3 Å². The Kier molecular flexibility index (Phi) is 38.1. The molecule has 9 aromatic rings. The summed E-state index contributed by atoms with van der Waals surface area (Å²) in [5.41, 5.74) is 4.92. The number of carbonyl (C=O) groups excluding carboxylic acids is 3. The van der Waals surface area contributed by atoms with Gasteiger partial charge in [-0.05, 0) is 118 Å².